The van der Waals surface area contributed by atoms with E-state index in [2.05, 4.69) is 12.2 Å². The molecule has 0 bridgehead atoms. The van der Waals surface area contributed by atoms with E-state index < -0.39 is 0 Å². The average Bonchev–Trinajstić information content (AvgIpc) is 2.49. The minimum atomic E-state index is 0.183. The Bertz CT molecular complexity index is 179. The van der Waals surface area contributed by atoms with E-state index in [0.717, 1.165) is 18.5 Å². The van der Waals surface area contributed by atoms with E-state index in [0.29, 0.717) is 0 Å². The van der Waals surface area contributed by atoms with Crippen LogP contribution in [0.3, 0.4) is 0 Å². The Labute approximate surface area is 87.6 Å². The van der Waals surface area contributed by atoms with Gasteiger partial charge in [0.15, 0.2) is 0 Å². The summed E-state index contributed by atoms with van der Waals surface area (Å²) in [6.45, 7) is 3.47. The molecule has 14 heavy (non-hydrogen) atoms. The molecule has 82 valence electrons. The molecule has 0 heterocycles. The van der Waals surface area contributed by atoms with Crippen molar-refractivity contribution in [2.75, 3.05) is 6.54 Å². The number of hydrogen-bond donors (Lipinski definition) is 2. The molecule has 0 aromatic rings. The lowest BCUT2D eigenvalue weighted by Gasteiger charge is -2.34. The largest absolute Gasteiger partial charge is 0.325 e. The average molecular weight is 196 g/mol. The zero-order valence-electron chi connectivity index (χ0n) is 9.39. The van der Waals surface area contributed by atoms with Gasteiger partial charge >= 0.3 is 0 Å². The molecule has 0 saturated heterocycles. The maximum atomic E-state index is 6.29. The second-order valence-corrected chi connectivity index (χ2v) is 5.55. The first kappa shape index (κ1) is 10.4. The third-order valence-electron chi connectivity index (χ3n) is 4.03. The first-order valence-electron chi connectivity index (χ1n) is 6.20. The molecule has 0 aromatic carbocycles. The van der Waals surface area contributed by atoms with Crippen LogP contribution in [0.2, 0.25) is 0 Å². The standard InChI is InChI=1S/C12H24N2/c1-10-8-11(9-10)14-7-6-12(13)4-2-3-5-12/h10-11,14H,2-9,13H2,1H3. The Morgan fingerprint density at radius 2 is 1.93 bits per heavy atom. The zero-order valence-corrected chi connectivity index (χ0v) is 9.39. The summed E-state index contributed by atoms with van der Waals surface area (Å²) in [5.74, 6) is 0.950. The van der Waals surface area contributed by atoms with Crippen molar-refractivity contribution in [1.29, 1.82) is 0 Å². The first-order chi connectivity index (χ1) is 6.68. The lowest BCUT2D eigenvalue weighted by atomic mass is 9.81. The minimum absolute atomic E-state index is 0.183. The molecule has 3 N–H and O–H groups in total. The number of rotatable bonds is 4. The predicted octanol–water partition coefficient (Wildman–Crippen LogP) is 2.04. The van der Waals surface area contributed by atoms with Gasteiger partial charge in [-0.2, -0.15) is 0 Å². The molecular weight excluding hydrogens is 172 g/mol. The smallest absolute Gasteiger partial charge is 0.0166 e. The molecule has 0 aliphatic heterocycles. The summed E-state index contributed by atoms with van der Waals surface area (Å²) in [7, 11) is 0. The van der Waals surface area contributed by atoms with Crippen LogP contribution in [0.25, 0.3) is 0 Å². The highest BCUT2D eigenvalue weighted by Gasteiger charge is 2.30. The number of hydrogen-bond acceptors (Lipinski definition) is 2. The lowest BCUT2D eigenvalue weighted by molar-refractivity contribution is 0.234. The summed E-state index contributed by atoms with van der Waals surface area (Å²) in [6, 6.07) is 0.801. The quantitative estimate of drug-likeness (QED) is 0.722. The molecule has 0 atom stereocenters. The van der Waals surface area contributed by atoms with E-state index in [-0.39, 0.29) is 5.54 Å². The molecule has 2 fully saturated rings. The normalized spacial score (nSPS) is 35.6. The fraction of sp³-hybridized carbons (Fsp3) is 1.00. The summed E-state index contributed by atoms with van der Waals surface area (Å²) in [5, 5.41) is 3.62. The number of nitrogens with one attached hydrogen (secondary N) is 1. The summed E-state index contributed by atoms with van der Waals surface area (Å²) >= 11 is 0. The fourth-order valence-corrected chi connectivity index (χ4v) is 2.92. The second-order valence-electron chi connectivity index (χ2n) is 5.55. The Balaban J connectivity index is 1.58. The molecular formula is C12H24N2. The van der Waals surface area contributed by atoms with Gasteiger partial charge in [-0.3, -0.25) is 0 Å². The fourth-order valence-electron chi connectivity index (χ4n) is 2.92. The van der Waals surface area contributed by atoms with Crippen LogP contribution in [-0.4, -0.2) is 18.1 Å². The SMILES string of the molecule is CC1CC(NCCC2(N)CCCC2)C1. The summed E-state index contributed by atoms with van der Waals surface area (Å²) in [5.41, 5.74) is 6.47. The van der Waals surface area contributed by atoms with Crippen molar-refractivity contribution in [3.63, 3.8) is 0 Å². The molecule has 0 radical (unpaired) electrons. The monoisotopic (exact) mass is 196 g/mol. The molecule has 0 spiro atoms. The van der Waals surface area contributed by atoms with E-state index in [1.54, 1.807) is 0 Å². The van der Waals surface area contributed by atoms with E-state index in [9.17, 15) is 0 Å². The molecule has 2 rings (SSSR count). The first-order valence-corrected chi connectivity index (χ1v) is 6.20. The molecule has 2 heteroatoms. The van der Waals surface area contributed by atoms with Gasteiger partial charge in [0, 0.05) is 11.6 Å². The van der Waals surface area contributed by atoms with E-state index in [1.165, 1.54) is 44.9 Å². The van der Waals surface area contributed by atoms with Gasteiger partial charge in [0.1, 0.15) is 0 Å². The number of nitrogens with two attached hydrogens (primary N) is 1. The van der Waals surface area contributed by atoms with Crippen LogP contribution in [-0.2, 0) is 0 Å². The van der Waals surface area contributed by atoms with Gasteiger partial charge in [0.25, 0.3) is 0 Å². The van der Waals surface area contributed by atoms with Crippen LogP contribution in [0.15, 0.2) is 0 Å². The van der Waals surface area contributed by atoms with Gasteiger partial charge in [-0.1, -0.05) is 19.8 Å². The van der Waals surface area contributed by atoms with Crippen molar-refractivity contribution in [3.05, 3.63) is 0 Å². The van der Waals surface area contributed by atoms with E-state index in [1.807, 2.05) is 0 Å². The third-order valence-corrected chi connectivity index (χ3v) is 4.03. The van der Waals surface area contributed by atoms with Gasteiger partial charge < -0.3 is 11.1 Å². The van der Waals surface area contributed by atoms with Gasteiger partial charge in [0.2, 0.25) is 0 Å². The Kier molecular flexibility index (Phi) is 3.13. The predicted molar refractivity (Wildman–Crippen MR) is 60.2 cm³/mol. The molecule has 2 saturated carbocycles. The van der Waals surface area contributed by atoms with Crippen molar-refractivity contribution in [2.45, 2.75) is 63.5 Å². The third kappa shape index (κ3) is 2.48. The van der Waals surface area contributed by atoms with Crippen LogP contribution in [0.1, 0.15) is 51.9 Å². The molecule has 2 aliphatic carbocycles. The van der Waals surface area contributed by atoms with Crippen LogP contribution >= 0.6 is 0 Å². The van der Waals surface area contributed by atoms with Crippen molar-refractivity contribution in [1.82, 2.24) is 5.32 Å². The van der Waals surface area contributed by atoms with Gasteiger partial charge in [0.05, 0.1) is 0 Å². The van der Waals surface area contributed by atoms with E-state index in [4.69, 9.17) is 5.73 Å². The minimum Gasteiger partial charge on any atom is -0.325 e. The van der Waals surface area contributed by atoms with Crippen LogP contribution in [0.4, 0.5) is 0 Å². The van der Waals surface area contributed by atoms with Crippen molar-refractivity contribution in [3.8, 4) is 0 Å². The maximum Gasteiger partial charge on any atom is 0.0166 e. The molecule has 2 nitrogen and oxygen atoms in total. The Morgan fingerprint density at radius 1 is 1.29 bits per heavy atom. The van der Waals surface area contributed by atoms with Crippen LogP contribution < -0.4 is 11.1 Å². The summed E-state index contributed by atoms with van der Waals surface area (Å²) < 4.78 is 0. The topological polar surface area (TPSA) is 38.0 Å². The molecule has 0 amide bonds. The lowest BCUT2D eigenvalue weighted by Crippen LogP contribution is -2.45. The van der Waals surface area contributed by atoms with Crippen molar-refractivity contribution >= 4 is 0 Å². The van der Waals surface area contributed by atoms with Gasteiger partial charge in [-0.05, 0) is 44.6 Å². The molecule has 0 aromatic heterocycles. The second kappa shape index (κ2) is 4.19. The van der Waals surface area contributed by atoms with E-state index >= 15 is 0 Å². The molecule has 0 unspecified atom stereocenters. The zero-order chi connectivity index (χ0) is 10.0. The van der Waals surface area contributed by atoms with Crippen LogP contribution in [0.5, 0.6) is 0 Å². The van der Waals surface area contributed by atoms with Crippen molar-refractivity contribution in [2.24, 2.45) is 11.7 Å². The van der Waals surface area contributed by atoms with Gasteiger partial charge in [-0.15, -0.1) is 0 Å². The highest BCUT2D eigenvalue weighted by atomic mass is 14.9. The van der Waals surface area contributed by atoms with Gasteiger partial charge in [-0.25, -0.2) is 0 Å². The van der Waals surface area contributed by atoms with Crippen LogP contribution in [0, 0.1) is 5.92 Å². The summed E-state index contributed by atoms with van der Waals surface area (Å²) in [4.78, 5) is 0. The summed E-state index contributed by atoms with van der Waals surface area (Å²) in [6.07, 6.45) is 9.10. The Hall–Kier alpha value is -0.0800. The highest BCUT2D eigenvalue weighted by molar-refractivity contribution is 4.90. The maximum absolute atomic E-state index is 6.29. The molecule has 2 aliphatic rings. The van der Waals surface area contributed by atoms with Crippen molar-refractivity contribution < 1.29 is 0 Å². The Morgan fingerprint density at radius 3 is 2.50 bits per heavy atom. The highest BCUT2D eigenvalue weighted by Crippen LogP contribution is 2.30.